The minimum absolute atomic E-state index is 0.552. The van der Waals surface area contributed by atoms with Crippen molar-refractivity contribution in [3.8, 4) is 22.8 Å². The van der Waals surface area contributed by atoms with Gasteiger partial charge in [0.05, 0.1) is 28.7 Å². The number of aromatic nitrogens is 4. The number of hydrogen-bond donors (Lipinski definition) is 1. The maximum absolute atomic E-state index is 6.23. The Morgan fingerprint density at radius 2 is 1.84 bits per heavy atom. The largest absolute Gasteiger partial charge is 0.457 e. The summed E-state index contributed by atoms with van der Waals surface area (Å²) in [5.74, 6) is 1.57. The summed E-state index contributed by atoms with van der Waals surface area (Å²) in [6, 6.07) is 10.5. The second kappa shape index (κ2) is 11.2. The number of nitrogens with zero attached hydrogens (tertiary/aromatic N) is 6. The number of pyridine rings is 1. The quantitative estimate of drug-likeness (QED) is 0.338. The predicted molar refractivity (Wildman–Crippen MR) is 150 cm³/mol. The monoisotopic (exact) mass is 517 g/mol. The lowest BCUT2D eigenvalue weighted by Crippen LogP contribution is -2.45. The van der Waals surface area contributed by atoms with Crippen LogP contribution >= 0.6 is 11.3 Å². The van der Waals surface area contributed by atoms with E-state index in [1.54, 1.807) is 17.5 Å². The predicted octanol–water partition coefficient (Wildman–Crippen LogP) is 5.34. The molecule has 0 unspecified atom stereocenters. The molecule has 0 spiro atoms. The number of rotatable bonds is 8. The molecule has 0 amide bonds. The molecule has 3 aromatic heterocycles. The number of benzene rings is 1. The van der Waals surface area contributed by atoms with E-state index in [0.717, 1.165) is 77.4 Å². The number of nitrogens with one attached hydrogen (secondary N) is 1. The summed E-state index contributed by atoms with van der Waals surface area (Å²) in [6.45, 7) is 6.41. The highest BCUT2D eigenvalue weighted by Crippen LogP contribution is 2.33. The van der Waals surface area contributed by atoms with Gasteiger partial charge in [0.1, 0.15) is 11.5 Å². The summed E-state index contributed by atoms with van der Waals surface area (Å²) in [7, 11) is 2.19. The Hall–Kier alpha value is -3.01. The van der Waals surface area contributed by atoms with Crippen molar-refractivity contribution in [2.45, 2.75) is 44.7 Å². The van der Waals surface area contributed by atoms with Crippen LogP contribution in [0, 0.1) is 0 Å². The molecule has 8 nitrogen and oxygen atoms in total. The van der Waals surface area contributed by atoms with Gasteiger partial charge in [-0.1, -0.05) is 30.6 Å². The first-order valence-corrected chi connectivity index (χ1v) is 14.2. The maximum Gasteiger partial charge on any atom is 0.184 e. The lowest BCUT2D eigenvalue weighted by Gasteiger charge is -2.32. The molecule has 1 saturated heterocycles. The van der Waals surface area contributed by atoms with Crippen LogP contribution in [0.4, 0.5) is 5.13 Å². The molecule has 4 aromatic rings. The SMILES string of the molecule is CN1CCN(CCn2cc(-c3cc(Oc4ccc5nc(NC6CCCCC6)sc5c4)ccn3)cn2)CC1. The third-order valence-corrected chi connectivity index (χ3v) is 8.38. The van der Waals surface area contributed by atoms with Crippen LogP contribution in [-0.2, 0) is 6.54 Å². The number of anilines is 1. The fourth-order valence-electron chi connectivity index (χ4n) is 5.15. The lowest BCUT2D eigenvalue weighted by molar-refractivity contribution is 0.149. The normalized spacial score (nSPS) is 17.9. The smallest absolute Gasteiger partial charge is 0.184 e. The van der Waals surface area contributed by atoms with Crippen LogP contribution in [0.1, 0.15) is 32.1 Å². The van der Waals surface area contributed by atoms with Crippen molar-refractivity contribution in [3.63, 3.8) is 0 Å². The van der Waals surface area contributed by atoms with Gasteiger partial charge in [0.15, 0.2) is 5.13 Å². The van der Waals surface area contributed by atoms with Gasteiger partial charge < -0.3 is 15.0 Å². The first-order chi connectivity index (χ1) is 18.2. The molecular formula is C28H35N7OS. The Labute approximate surface area is 222 Å². The van der Waals surface area contributed by atoms with Crippen LogP contribution in [0.15, 0.2) is 48.9 Å². The van der Waals surface area contributed by atoms with Crippen molar-refractivity contribution in [1.29, 1.82) is 0 Å². The molecular weight excluding hydrogens is 482 g/mol. The lowest BCUT2D eigenvalue weighted by atomic mass is 9.96. The van der Waals surface area contributed by atoms with E-state index in [9.17, 15) is 0 Å². The first kappa shape index (κ1) is 24.3. The number of hydrogen-bond acceptors (Lipinski definition) is 8. The fourth-order valence-corrected chi connectivity index (χ4v) is 6.13. The summed E-state index contributed by atoms with van der Waals surface area (Å²) >= 11 is 1.70. The second-order valence-corrected chi connectivity index (χ2v) is 11.3. The summed E-state index contributed by atoms with van der Waals surface area (Å²) in [6.07, 6.45) is 12.2. The van der Waals surface area contributed by atoms with Crippen LogP contribution in [0.3, 0.4) is 0 Å². The van der Waals surface area contributed by atoms with Crippen molar-refractivity contribution >= 4 is 26.7 Å². The Morgan fingerprint density at radius 3 is 2.70 bits per heavy atom. The average molecular weight is 518 g/mol. The van der Waals surface area contributed by atoms with Crippen molar-refractivity contribution < 1.29 is 4.74 Å². The van der Waals surface area contributed by atoms with Gasteiger partial charge in [-0.25, -0.2) is 4.98 Å². The molecule has 1 saturated carbocycles. The van der Waals surface area contributed by atoms with E-state index in [1.165, 1.54) is 32.1 Å². The van der Waals surface area contributed by atoms with E-state index in [0.29, 0.717) is 6.04 Å². The van der Waals surface area contributed by atoms with Gasteiger partial charge in [0.25, 0.3) is 0 Å². The number of thiazole rings is 1. The summed E-state index contributed by atoms with van der Waals surface area (Å²) in [5, 5.41) is 9.22. The zero-order valence-corrected chi connectivity index (χ0v) is 22.3. The highest BCUT2D eigenvalue weighted by molar-refractivity contribution is 7.22. The Kier molecular flexibility index (Phi) is 7.34. The van der Waals surface area contributed by atoms with Crippen LogP contribution in [0.5, 0.6) is 11.5 Å². The molecule has 1 N–H and O–H groups in total. The number of ether oxygens (including phenoxy) is 1. The van der Waals surface area contributed by atoms with E-state index in [1.807, 2.05) is 35.1 Å². The molecule has 2 aliphatic rings. The molecule has 1 aliphatic heterocycles. The van der Waals surface area contributed by atoms with E-state index in [2.05, 4.69) is 44.5 Å². The number of fused-ring (bicyclic) bond motifs is 1. The Balaban J connectivity index is 1.09. The zero-order valence-electron chi connectivity index (χ0n) is 21.5. The molecule has 6 rings (SSSR count). The van der Waals surface area contributed by atoms with Gasteiger partial charge in [-0.3, -0.25) is 14.6 Å². The summed E-state index contributed by atoms with van der Waals surface area (Å²) in [4.78, 5) is 14.2. The van der Waals surface area contributed by atoms with Crippen molar-refractivity contribution in [1.82, 2.24) is 29.5 Å². The molecule has 37 heavy (non-hydrogen) atoms. The molecule has 1 aliphatic carbocycles. The second-order valence-electron chi connectivity index (χ2n) is 10.2. The molecule has 0 bridgehead atoms. The van der Waals surface area contributed by atoms with Crippen LogP contribution in [0.25, 0.3) is 21.5 Å². The number of likely N-dealkylation sites (N-methyl/N-ethyl adjacent to an activating group) is 1. The standard InChI is InChI=1S/C28H35N7OS/c1-33-11-13-34(14-12-33)15-16-35-20-21(19-30-35)26-17-24(9-10-29-26)36-23-7-8-25-27(18-23)37-28(32-25)31-22-5-3-2-4-6-22/h7-10,17-20,22H,2-6,11-16H2,1H3,(H,31,32). The van der Waals surface area contributed by atoms with Gasteiger partial charge >= 0.3 is 0 Å². The minimum atomic E-state index is 0.552. The van der Waals surface area contributed by atoms with Crippen LogP contribution in [-0.4, -0.2) is 75.4 Å². The van der Waals surface area contributed by atoms with Crippen molar-refractivity contribution in [2.75, 3.05) is 45.1 Å². The molecule has 4 heterocycles. The molecule has 194 valence electrons. The molecule has 2 fully saturated rings. The summed E-state index contributed by atoms with van der Waals surface area (Å²) < 4.78 is 9.38. The zero-order chi connectivity index (χ0) is 25.0. The van der Waals surface area contributed by atoms with Gasteiger partial charge in [-0.2, -0.15) is 5.10 Å². The third kappa shape index (κ3) is 6.11. The van der Waals surface area contributed by atoms with E-state index in [4.69, 9.17) is 9.72 Å². The summed E-state index contributed by atoms with van der Waals surface area (Å²) in [5.41, 5.74) is 2.87. The van der Waals surface area contributed by atoms with E-state index < -0.39 is 0 Å². The van der Waals surface area contributed by atoms with E-state index >= 15 is 0 Å². The fraction of sp³-hybridized carbons (Fsp3) is 0.464. The highest BCUT2D eigenvalue weighted by Gasteiger charge is 2.16. The molecule has 1 aromatic carbocycles. The molecule has 9 heteroatoms. The van der Waals surface area contributed by atoms with E-state index in [-0.39, 0.29) is 0 Å². The van der Waals surface area contributed by atoms with Gasteiger partial charge in [0.2, 0.25) is 0 Å². The Bertz CT molecular complexity index is 1320. The third-order valence-electron chi connectivity index (χ3n) is 7.43. The highest BCUT2D eigenvalue weighted by atomic mass is 32.1. The minimum Gasteiger partial charge on any atom is -0.457 e. The Morgan fingerprint density at radius 1 is 1.00 bits per heavy atom. The van der Waals surface area contributed by atoms with Crippen molar-refractivity contribution in [3.05, 3.63) is 48.9 Å². The van der Waals surface area contributed by atoms with Crippen LogP contribution in [0.2, 0.25) is 0 Å². The number of piperazine rings is 1. The first-order valence-electron chi connectivity index (χ1n) is 13.4. The van der Waals surface area contributed by atoms with Gasteiger partial charge in [-0.05, 0) is 38.1 Å². The van der Waals surface area contributed by atoms with Crippen molar-refractivity contribution in [2.24, 2.45) is 0 Å². The maximum atomic E-state index is 6.23. The topological polar surface area (TPSA) is 71.3 Å². The molecule has 0 radical (unpaired) electrons. The molecule has 0 atom stereocenters. The average Bonchev–Trinajstić information content (AvgIpc) is 3.56. The van der Waals surface area contributed by atoms with Gasteiger partial charge in [-0.15, -0.1) is 0 Å². The van der Waals surface area contributed by atoms with Gasteiger partial charge in [0, 0.05) is 68.9 Å². The van der Waals surface area contributed by atoms with Crippen LogP contribution < -0.4 is 10.1 Å².